The van der Waals surface area contributed by atoms with Gasteiger partial charge in [0.1, 0.15) is 12.1 Å². The maximum atomic E-state index is 11.4. The Morgan fingerprint density at radius 1 is 1.38 bits per heavy atom. The molecule has 0 aliphatic heterocycles. The van der Waals surface area contributed by atoms with Crippen LogP contribution in [0, 0.1) is 17.0 Å². The molecular formula is C15H17ClN4O4. The lowest BCUT2D eigenvalue weighted by molar-refractivity contribution is -0.385. The van der Waals surface area contributed by atoms with Crippen LogP contribution in [0.1, 0.15) is 12.0 Å². The molecule has 0 saturated carbocycles. The standard InChI is InChI=1S/C15H17ClN4O4/c1-10-8-11(4-5-12(10)16)24-15-13(20(21)22)14(18-9-19-15)17-6-3-7-23-2/h4-5,8-9H,3,6-7H2,1-2H3,(H,17,18,19). The quantitative estimate of drug-likeness (QED) is 0.440. The molecule has 1 aromatic carbocycles. The summed E-state index contributed by atoms with van der Waals surface area (Å²) < 4.78 is 10.5. The molecule has 128 valence electrons. The summed E-state index contributed by atoms with van der Waals surface area (Å²) in [6, 6.07) is 4.95. The number of nitro groups is 1. The number of benzene rings is 1. The predicted octanol–water partition coefficient (Wildman–Crippen LogP) is 3.59. The highest BCUT2D eigenvalue weighted by molar-refractivity contribution is 6.31. The van der Waals surface area contributed by atoms with E-state index in [-0.39, 0.29) is 17.4 Å². The number of rotatable bonds is 8. The normalized spacial score (nSPS) is 10.5. The Morgan fingerprint density at radius 2 is 2.17 bits per heavy atom. The number of nitrogens with zero attached hydrogens (tertiary/aromatic N) is 3. The van der Waals surface area contributed by atoms with Crippen molar-refractivity contribution >= 4 is 23.1 Å². The number of aryl methyl sites for hydroxylation is 1. The summed E-state index contributed by atoms with van der Waals surface area (Å²) in [6.07, 6.45) is 1.90. The van der Waals surface area contributed by atoms with E-state index in [1.54, 1.807) is 25.3 Å². The SMILES string of the molecule is COCCCNc1ncnc(Oc2ccc(Cl)c(C)c2)c1[N+](=O)[O-]. The van der Waals surface area contributed by atoms with Crippen LogP contribution in [0.4, 0.5) is 11.5 Å². The zero-order chi connectivity index (χ0) is 17.5. The van der Waals surface area contributed by atoms with Crippen LogP contribution in [-0.2, 0) is 4.74 Å². The Hall–Kier alpha value is -2.45. The summed E-state index contributed by atoms with van der Waals surface area (Å²) in [5.74, 6) is 0.377. The summed E-state index contributed by atoms with van der Waals surface area (Å²) in [7, 11) is 1.59. The van der Waals surface area contributed by atoms with Crippen LogP contribution in [0.2, 0.25) is 5.02 Å². The third-order valence-corrected chi connectivity index (χ3v) is 3.56. The molecule has 0 radical (unpaired) electrons. The van der Waals surface area contributed by atoms with Crippen molar-refractivity contribution in [3.05, 3.63) is 45.2 Å². The Bertz CT molecular complexity index is 727. The molecule has 1 heterocycles. The summed E-state index contributed by atoms with van der Waals surface area (Å²) >= 11 is 5.96. The van der Waals surface area contributed by atoms with E-state index < -0.39 is 4.92 Å². The minimum Gasteiger partial charge on any atom is -0.434 e. The van der Waals surface area contributed by atoms with Gasteiger partial charge in [0.15, 0.2) is 0 Å². The molecule has 0 fully saturated rings. The van der Waals surface area contributed by atoms with Crippen LogP contribution in [0.3, 0.4) is 0 Å². The van der Waals surface area contributed by atoms with Crippen LogP contribution in [0.15, 0.2) is 24.5 Å². The van der Waals surface area contributed by atoms with Crippen LogP contribution < -0.4 is 10.1 Å². The van der Waals surface area contributed by atoms with Gasteiger partial charge in [0.2, 0.25) is 5.82 Å². The molecule has 8 nitrogen and oxygen atoms in total. The molecule has 0 atom stereocenters. The third-order valence-electron chi connectivity index (χ3n) is 3.13. The first-order valence-corrected chi connectivity index (χ1v) is 7.57. The van der Waals surface area contributed by atoms with E-state index in [0.29, 0.717) is 30.3 Å². The minimum atomic E-state index is -0.573. The van der Waals surface area contributed by atoms with Crippen molar-refractivity contribution in [2.24, 2.45) is 0 Å². The fourth-order valence-corrected chi connectivity index (χ4v) is 2.06. The minimum absolute atomic E-state index is 0.104. The van der Waals surface area contributed by atoms with Gasteiger partial charge in [-0.05, 0) is 37.1 Å². The van der Waals surface area contributed by atoms with Gasteiger partial charge in [-0.3, -0.25) is 10.1 Å². The largest absolute Gasteiger partial charge is 0.434 e. The van der Waals surface area contributed by atoms with Crippen LogP contribution >= 0.6 is 11.6 Å². The first-order valence-electron chi connectivity index (χ1n) is 7.19. The van der Waals surface area contributed by atoms with Gasteiger partial charge in [-0.15, -0.1) is 0 Å². The number of aromatic nitrogens is 2. The highest BCUT2D eigenvalue weighted by atomic mass is 35.5. The number of ether oxygens (including phenoxy) is 2. The second-order valence-corrected chi connectivity index (χ2v) is 5.33. The molecular weight excluding hydrogens is 336 g/mol. The molecule has 0 unspecified atom stereocenters. The monoisotopic (exact) mass is 352 g/mol. The lowest BCUT2D eigenvalue weighted by Crippen LogP contribution is -2.09. The van der Waals surface area contributed by atoms with E-state index in [0.717, 1.165) is 5.56 Å². The number of anilines is 1. The first-order chi connectivity index (χ1) is 11.5. The Balaban J connectivity index is 2.25. The molecule has 0 saturated heterocycles. The molecule has 0 aliphatic rings. The summed E-state index contributed by atoms with van der Waals surface area (Å²) in [5.41, 5.74) is 0.478. The number of hydrogen-bond donors (Lipinski definition) is 1. The number of hydrogen-bond acceptors (Lipinski definition) is 7. The maximum Gasteiger partial charge on any atom is 0.373 e. The lowest BCUT2D eigenvalue weighted by Gasteiger charge is -2.10. The highest BCUT2D eigenvalue weighted by Crippen LogP contribution is 2.34. The molecule has 1 N–H and O–H groups in total. The summed E-state index contributed by atoms with van der Waals surface area (Å²) in [4.78, 5) is 18.6. The van der Waals surface area contributed by atoms with Gasteiger partial charge in [-0.1, -0.05) is 11.6 Å². The van der Waals surface area contributed by atoms with Crippen LogP contribution in [0.5, 0.6) is 11.6 Å². The lowest BCUT2D eigenvalue weighted by atomic mass is 10.2. The average Bonchev–Trinajstić information content (AvgIpc) is 2.55. The molecule has 0 amide bonds. The molecule has 2 rings (SSSR count). The van der Waals surface area contributed by atoms with Gasteiger partial charge in [-0.2, -0.15) is 4.98 Å². The first kappa shape index (κ1) is 17.9. The van der Waals surface area contributed by atoms with Gasteiger partial charge in [-0.25, -0.2) is 4.98 Å². The average molecular weight is 353 g/mol. The van der Waals surface area contributed by atoms with E-state index in [2.05, 4.69) is 15.3 Å². The van der Waals surface area contributed by atoms with Gasteiger partial charge in [0, 0.05) is 25.3 Å². The zero-order valence-electron chi connectivity index (χ0n) is 13.3. The van der Waals surface area contributed by atoms with Crippen molar-refractivity contribution in [1.82, 2.24) is 9.97 Å². The Labute approximate surface area is 143 Å². The van der Waals surface area contributed by atoms with E-state index in [1.807, 2.05) is 6.92 Å². The van der Waals surface area contributed by atoms with Gasteiger partial charge in [0.05, 0.1) is 4.92 Å². The Kier molecular flexibility index (Phi) is 6.28. The fraction of sp³-hybridized carbons (Fsp3) is 0.333. The van der Waals surface area contributed by atoms with Crippen molar-refractivity contribution in [2.75, 3.05) is 25.6 Å². The van der Waals surface area contributed by atoms with Crippen molar-refractivity contribution in [3.8, 4) is 11.6 Å². The van der Waals surface area contributed by atoms with E-state index in [4.69, 9.17) is 21.1 Å². The molecule has 0 bridgehead atoms. The second-order valence-electron chi connectivity index (χ2n) is 4.92. The zero-order valence-corrected chi connectivity index (χ0v) is 14.0. The van der Waals surface area contributed by atoms with Gasteiger partial charge >= 0.3 is 11.6 Å². The highest BCUT2D eigenvalue weighted by Gasteiger charge is 2.24. The molecule has 24 heavy (non-hydrogen) atoms. The van der Waals surface area contributed by atoms with Gasteiger partial charge < -0.3 is 14.8 Å². The molecule has 0 aliphatic carbocycles. The third kappa shape index (κ3) is 4.53. The van der Waals surface area contributed by atoms with E-state index >= 15 is 0 Å². The summed E-state index contributed by atoms with van der Waals surface area (Å²) in [6.45, 7) is 2.83. The molecule has 9 heteroatoms. The van der Waals surface area contributed by atoms with Crippen LogP contribution in [-0.4, -0.2) is 35.2 Å². The van der Waals surface area contributed by atoms with Crippen molar-refractivity contribution in [2.45, 2.75) is 13.3 Å². The van der Waals surface area contributed by atoms with Crippen molar-refractivity contribution < 1.29 is 14.4 Å². The van der Waals surface area contributed by atoms with E-state index in [9.17, 15) is 10.1 Å². The maximum absolute atomic E-state index is 11.4. The molecule has 2 aromatic rings. The topological polar surface area (TPSA) is 99.4 Å². The van der Waals surface area contributed by atoms with Gasteiger partial charge in [0.25, 0.3) is 0 Å². The predicted molar refractivity (Wildman–Crippen MR) is 89.9 cm³/mol. The van der Waals surface area contributed by atoms with E-state index in [1.165, 1.54) is 6.33 Å². The smallest absolute Gasteiger partial charge is 0.373 e. The number of methoxy groups -OCH3 is 1. The summed E-state index contributed by atoms with van der Waals surface area (Å²) in [5, 5.41) is 14.9. The molecule has 1 aromatic heterocycles. The molecule has 0 spiro atoms. The fourth-order valence-electron chi connectivity index (χ4n) is 1.95. The Morgan fingerprint density at radius 3 is 2.83 bits per heavy atom. The second kappa shape index (κ2) is 8.42. The number of halogens is 1. The number of nitrogens with one attached hydrogen (secondary N) is 1. The van der Waals surface area contributed by atoms with Crippen LogP contribution in [0.25, 0.3) is 0 Å². The van der Waals surface area contributed by atoms with Crippen molar-refractivity contribution in [1.29, 1.82) is 0 Å². The van der Waals surface area contributed by atoms with Crippen molar-refractivity contribution in [3.63, 3.8) is 0 Å².